The summed E-state index contributed by atoms with van der Waals surface area (Å²) in [5.41, 5.74) is 2.65. The summed E-state index contributed by atoms with van der Waals surface area (Å²) >= 11 is 1.25. The first kappa shape index (κ1) is 20.9. The Balaban J connectivity index is 2.04. The lowest BCUT2D eigenvalue weighted by Gasteiger charge is -2.21. The van der Waals surface area contributed by atoms with E-state index in [0.29, 0.717) is 5.16 Å². The molecule has 0 spiro atoms. The summed E-state index contributed by atoms with van der Waals surface area (Å²) in [6, 6.07) is 11.1. The van der Waals surface area contributed by atoms with Gasteiger partial charge in [-0.1, -0.05) is 62.4 Å². The Hall–Kier alpha value is -2.41. The van der Waals surface area contributed by atoms with Gasteiger partial charge < -0.3 is 10.1 Å². The highest BCUT2D eigenvalue weighted by molar-refractivity contribution is 7.99. The highest BCUT2D eigenvalue weighted by Gasteiger charge is 2.26. The number of ether oxygens (including phenoxy) is 1. The van der Waals surface area contributed by atoms with E-state index in [1.165, 1.54) is 18.9 Å². The van der Waals surface area contributed by atoms with Crippen molar-refractivity contribution in [2.45, 2.75) is 38.4 Å². The zero-order valence-corrected chi connectivity index (χ0v) is 16.9. The SMILES string of the molecule is CC[C@H](C)[C@@H](NC(=O)CSc1nc(C)cc(-c2ccccc2)n1)C(=O)OC. The van der Waals surface area contributed by atoms with Crippen LogP contribution < -0.4 is 5.32 Å². The number of hydrogen-bond acceptors (Lipinski definition) is 6. The van der Waals surface area contributed by atoms with Gasteiger partial charge in [0.2, 0.25) is 5.91 Å². The third-order valence-corrected chi connectivity index (χ3v) is 5.07. The number of aryl methyl sites for hydroxylation is 1. The molecule has 6 nitrogen and oxygen atoms in total. The average molecular weight is 388 g/mol. The Labute approximate surface area is 164 Å². The van der Waals surface area contributed by atoms with Gasteiger partial charge in [-0.3, -0.25) is 4.79 Å². The van der Waals surface area contributed by atoms with Crippen molar-refractivity contribution in [2.75, 3.05) is 12.9 Å². The summed E-state index contributed by atoms with van der Waals surface area (Å²) in [6.45, 7) is 5.77. The Kier molecular flexibility index (Phi) is 7.79. The molecule has 0 bridgehead atoms. The molecular weight excluding hydrogens is 362 g/mol. The van der Waals surface area contributed by atoms with Crippen molar-refractivity contribution >= 4 is 23.6 Å². The number of esters is 1. The van der Waals surface area contributed by atoms with Gasteiger partial charge >= 0.3 is 5.97 Å². The molecule has 1 aromatic carbocycles. The van der Waals surface area contributed by atoms with E-state index in [1.54, 1.807) is 0 Å². The number of carbonyl (C=O) groups is 2. The lowest BCUT2D eigenvalue weighted by molar-refractivity contribution is -0.146. The summed E-state index contributed by atoms with van der Waals surface area (Å²) in [5.74, 6) is -0.559. The average Bonchev–Trinajstić information content (AvgIpc) is 2.69. The maximum atomic E-state index is 12.3. The smallest absolute Gasteiger partial charge is 0.328 e. The Morgan fingerprint density at radius 2 is 1.93 bits per heavy atom. The molecule has 2 rings (SSSR count). The van der Waals surface area contributed by atoms with Crippen molar-refractivity contribution in [1.82, 2.24) is 15.3 Å². The predicted molar refractivity (Wildman–Crippen MR) is 106 cm³/mol. The Morgan fingerprint density at radius 3 is 2.56 bits per heavy atom. The van der Waals surface area contributed by atoms with Gasteiger partial charge in [0.25, 0.3) is 0 Å². The molecule has 0 fully saturated rings. The van der Waals surface area contributed by atoms with Crippen molar-refractivity contribution in [2.24, 2.45) is 5.92 Å². The first-order valence-electron chi connectivity index (χ1n) is 8.85. The third kappa shape index (κ3) is 6.06. The number of methoxy groups -OCH3 is 1. The minimum absolute atomic E-state index is 0.00805. The second-order valence-corrected chi connectivity index (χ2v) is 7.23. The van der Waals surface area contributed by atoms with Crippen LogP contribution in [-0.2, 0) is 14.3 Å². The number of carbonyl (C=O) groups excluding carboxylic acids is 2. The largest absolute Gasteiger partial charge is 0.467 e. The van der Waals surface area contributed by atoms with Crippen LogP contribution >= 0.6 is 11.8 Å². The summed E-state index contributed by atoms with van der Waals surface area (Å²) in [6.07, 6.45) is 0.759. The fourth-order valence-electron chi connectivity index (χ4n) is 2.50. The van der Waals surface area contributed by atoms with Crippen LogP contribution in [0.3, 0.4) is 0 Å². The minimum atomic E-state index is -0.647. The van der Waals surface area contributed by atoms with Crippen molar-refractivity contribution < 1.29 is 14.3 Å². The summed E-state index contributed by atoms with van der Waals surface area (Å²) in [4.78, 5) is 33.1. The lowest BCUT2D eigenvalue weighted by atomic mass is 9.99. The van der Waals surface area contributed by atoms with Gasteiger partial charge in [0.15, 0.2) is 5.16 Å². The van der Waals surface area contributed by atoms with E-state index in [9.17, 15) is 9.59 Å². The van der Waals surface area contributed by atoms with Crippen molar-refractivity contribution in [3.05, 3.63) is 42.1 Å². The fourth-order valence-corrected chi connectivity index (χ4v) is 3.22. The zero-order valence-electron chi connectivity index (χ0n) is 16.1. The molecule has 1 N–H and O–H groups in total. The molecule has 7 heteroatoms. The van der Waals surface area contributed by atoms with Gasteiger partial charge in [-0.15, -0.1) is 0 Å². The van der Waals surface area contributed by atoms with E-state index in [4.69, 9.17) is 4.74 Å². The number of nitrogens with one attached hydrogen (secondary N) is 1. The van der Waals surface area contributed by atoms with Crippen LogP contribution in [0.2, 0.25) is 0 Å². The van der Waals surface area contributed by atoms with Crippen LogP contribution in [0.1, 0.15) is 26.0 Å². The van der Waals surface area contributed by atoms with Crippen molar-refractivity contribution in [3.63, 3.8) is 0 Å². The maximum absolute atomic E-state index is 12.3. The van der Waals surface area contributed by atoms with Crippen LogP contribution in [0.15, 0.2) is 41.6 Å². The summed E-state index contributed by atoms with van der Waals surface area (Å²) in [7, 11) is 1.32. The van der Waals surface area contributed by atoms with Gasteiger partial charge in [-0.2, -0.15) is 0 Å². The molecule has 0 saturated heterocycles. The highest BCUT2D eigenvalue weighted by atomic mass is 32.2. The van der Waals surface area contributed by atoms with Gasteiger partial charge in [0.05, 0.1) is 18.6 Å². The molecule has 0 unspecified atom stereocenters. The first-order valence-corrected chi connectivity index (χ1v) is 9.84. The molecule has 0 saturated carbocycles. The quantitative estimate of drug-likeness (QED) is 0.425. The zero-order chi connectivity index (χ0) is 19.8. The molecule has 0 aliphatic heterocycles. The molecule has 0 radical (unpaired) electrons. The monoisotopic (exact) mass is 387 g/mol. The topological polar surface area (TPSA) is 81.2 Å². The maximum Gasteiger partial charge on any atom is 0.328 e. The number of amides is 1. The number of aromatic nitrogens is 2. The molecule has 1 aromatic heterocycles. The second kappa shape index (κ2) is 10.1. The number of nitrogens with zero attached hydrogens (tertiary/aromatic N) is 2. The molecule has 27 heavy (non-hydrogen) atoms. The normalized spacial score (nSPS) is 12.9. The molecule has 1 heterocycles. The van der Waals surface area contributed by atoms with Crippen LogP contribution in [0.5, 0.6) is 0 Å². The fraction of sp³-hybridized carbons (Fsp3) is 0.400. The molecular formula is C20H25N3O3S. The number of benzene rings is 1. The van der Waals surface area contributed by atoms with E-state index in [0.717, 1.165) is 23.4 Å². The van der Waals surface area contributed by atoms with E-state index in [-0.39, 0.29) is 17.6 Å². The summed E-state index contributed by atoms with van der Waals surface area (Å²) < 4.78 is 4.79. The van der Waals surface area contributed by atoms with Crippen molar-refractivity contribution in [3.8, 4) is 11.3 Å². The van der Waals surface area contributed by atoms with Gasteiger partial charge in [0.1, 0.15) is 6.04 Å². The molecule has 0 aliphatic rings. The van der Waals surface area contributed by atoms with Crippen LogP contribution in [-0.4, -0.2) is 40.7 Å². The molecule has 2 atom stereocenters. The first-order chi connectivity index (χ1) is 12.9. The molecule has 1 amide bonds. The third-order valence-electron chi connectivity index (χ3n) is 4.22. The minimum Gasteiger partial charge on any atom is -0.467 e. The Morgan fingerprint density at radius 1 is 1.22 bits per heavy atom. The van der Waals surface area contributed by atoms with Gasteiger partial charge in [0, 0.05) is 11.3 Å². The van der Waals surface area contributed by atoms with Gasteiger partial charge in [-0.05, 0) is 18.9 Å². The molecule has 0 aliphatic carbocycles. The standard InChI is InChI=1S/C20H25N3O3S/c1-5-13(2)18(19(25)26-4)23-17(24)12-27-20-21-14(3)11-16(22-20)15-9-7-6-8-10-15/h6-11,13,18H,5,12H2,1-4H3,(H,23,24)/t13-,18+/m0/s1. The molecule has 144 valence electrons. The second-order valence-electron chi connectivity index (χ2n) is 6.29. The number of thioether (sulfide) groups is 1. The highest BCUT2D eigenvalue weighted by Crippen LogP contribution is 2.21. The number of rotatable bonds is 8. The van der Waals surface area contributed by atoms with Crippen LogP contribution in [0.25, 0.3) is 11.3 Å². The van der Waals surface area contributed by atoms with Crippen LogP contribution in [0.4, 0.5) is 0 Å². The van der Waals surface area contributed by atoms with Crippen LogP contribution in [0, 0.1) is 12.8 Å². The Bertz CT molecular complexity index is 783. The lowest BCUT2D eigenvalue weighted by Crippen LogP contribution is -2.46. The summed E-state index contributed by atoms with van der Waals surface area (Å²) in [5, 5.41) is 3.29. The van der Waals surface area contributed by atoms with E-state index < -0.39 is 12.0 Å². The predicted octanol–water partition coefficient (Wildman–Crippen LogP) is 3.25. The van der Waals surface area contributed by atoms with Crippen molar-refractivity contribution in [1.29, 1.82) is 0 Å². The number of hydrogen-bond donors (Lipinski definition) is 1. The van der Waals surface area contributed by atoms with E-state index >= 15 is 0 Å². The molecule has 2 aromatic rings. The van der Waals surface area contributed by atoms with E-state index in [2.05, 4.69) is 15.3 Å². The van der Waals surface area contributed by atoms with Gasteiger partial charge in [-0.25, -0.2) is 14.8 Å². The van der Waals surface area contributed by atoms with E-state index in [1.807, 2.05) is 57.2 Å².